The van der Waals surface area contributed by atoms with Gasteiger partial charge in [-0.15, -0.1) is 0 Å². The Hall–Kier alpha value is -2.12. The molecular weight excluding hydrogens is 322 g/mol. The van der Waals surface area contributed by atoms with Crippen molar-refractivity contribution < 1.29 is 19.1 Å². The number of carbonyl (C=O) groups is 3. The highest BCUT2D eigenvalue weighted by molar-refractivity contribution is 6.30. The van der Waals surface area contributed by atoms with Crippen LogP contribution in [0.15, 0.2) is 24.3 Å². The molecule has 0 spiro atoms. The van der Waals surface area contributed by atoms with E-state index in [4.69, 9.17) is 16.3 Å². The van der Waals surface area contributed by atoms with Crippen LogP contribution < -0.4 is 10.6 Å². The summed E-state index contributed by atoms with van der Waals surface area (Å²) in [6, 6.07) is 5.93. The van der Waals surface area contributed by atoms with E-state index in [0.717, 1.165) is 5.56 Å². The molecule has 1 aromatic carbocycles. The zero-order valence-electron chi connectivity index (χ0n) is 12.3. The maximum atomic E-state index is 12.4. The van der Waals surface area contributed by atoms with E-state index >= 15 is 0 Å². The lowest BCUT2D eigenvalue weighted by Crippen LogP contribution is -2.45. The van der Waals surface area contributed by atoms with Gasteiger partial charge in [0, 0.05) is 11.6 Å². The Kier molecular flexibility index (Phi) is 4.49. The molecule has 0 aromatic heterocycles. The maximum absolute atomic E-state index is 12.4. The maximum Gasteiger partial charge on any atom is 0.322 e. The molecule has 2 aliphatic rings. The molecule has 2 N–H and O–H groups in total. The minimum absolute atomic E-state index is 0.0507. The third-order valence-electron chi connectivity index (χ3n) is 3.90. The van der Waals surface area contributed by atoms with Crippen molar-refractivity contribution in [2.24, 2.45) is 0 Å². The predicted octanol–water partition coefficient (Wildman–Crippen LogP) is 0.838. The highest BCUT2D eigenvalue weighted by Gasteiger charge is 2.34. The largest absolute Gasteiger partial charge is 0.370 e. The second-order valence-electron chi connectivity index (χ2n) is 5.47. The summed E-state index contributed by atoms with van der Waals surface area (Å²) in [6.07, 6.45) is -0.276. The van der Waals surface area contributed by atoms with Gasteiger partial charge in [-0.2, -0.15) is 0 Å². The van der Waals surface area contributed by atoms with Gasteiger partial charge in [0.15, 0.2) is 0 Å². The molecular formula is C15H16ClN3O4. The Morgan fingerprint density at radius 3 is 2.70 bits per heavy atom. The lowest BCUT2D eigenvalue weighted by atomic mass is 10.1. The van der Waals surface area contributed by atoms with Crippen LogP contribution in [0.25, 0.3) is 0 Å². The van der Waals surface area contributed by atoms with Crippen molar-refractivity contribution in [3.05, 3.63) is 34.9 Å². The van der Waals surface area contributed by atoms with E-state index in [9.17, 15) is 14.4 Å². The smallest absolute Gasteiger partial charge is 0.322 e. The Bertz CT molecular complexity index is 634. The number of halogens is 1. The fourth-order valence-corrected chi connectivity index (χ4v) is 2.79. The topological polar surface area (TPSA) is 87.7 Å². The van der Waals surface area contributed by atoms with Crippen molar-refractivity contribution in [2.45, 2.75) is 18.6 Å². The normalized spacial score (nSPS) is 24.3. The molecule has 0 aliphatic carbocycles. The number of hydrogen-bond donors (Lipinski definition) is 2. The zero-order valence-corrected chi connectivity index (χ0v) is 13.0. The van der Waals surface area contributed by atoms with Crippen molar-refractivity contribution in [3.63, 3.8) is 0 Å². The SMILES string of the molecule is O=C1NC(=O)[C@@H](CC(=O)N2CCO[C@H](c3ccc(Cl)cc3)C2)N1. The highest BCUT2D eigenvalue weighted by atomic mass is 35.5. The zero-order chi connectivity index (χ0) is 16.4. The van der Waals surface area contributed by atoms with Crippen molar-refractivity contribution in [1.82, 2.24) is 15.5 Å². The van der Waals surface area contributed by atoms with Crippen LogP contribution in [-0.4, -0.2) is 48.5 Å². The summed E-state index contributed by atoms with van der Waals surface area (Å²) in [7, 11) is 0. The number of rotatable bonds is 3. The first-order valence-corrected chi connectivity index (χ1v) is 7.67. The van der Waals surface area contributed by atoms with Gasteiger partial charge in [-0.25, -0.2) is 4.79 Å². The van der Waals surface area contributed by atoms with Gasteiger partial charge in [0.05, 0.1) is 19.6 Å². The fraction of sp³-hybridized carbons (Fsp3) is 0.400. The molecule has 2 aliphatic heterocycles. The van der Waals surface area contributed by atoms with Crippen LogP contribution >= 0.6 is 11.6 Å². The van der Waals surface area contributed by atoms with Gasteiger partial charge < -0.3 is 15.0 Å². The van der Waals surface area contributed by atoms with Crippen LogP contribution in [0, 0.1) is 0 Å². The molecule has 7 nitrogen and oxygen atoms in total. The molecule has 0 unspecified atom stereocenters. The van der Waals surface area contributed by atoms with E-state index in [1.54, 1.807) is 17.0 Å². The molecule has 0 bridgehead atoms. The van der Waals surface area contributed by atoms with Crippen LogP contribution in [0.2, 0.25) is 5.02 Å². The molecule has 23 heavy (non-hydrogen) atoms. The lowest BCUT2D eigenvalue weighted by molar-refractivity contribution is -0.140. The Labute approximate surface area is 137 Å². The summed E-state index contributed by atoms with van der Waals surface area (Å²) in [4.78, 5) is 36.6. The van der Waals surface area contributed by atoms with E-state index in [2.05, 4.69) is 10.6 Å². The van der Waals surface area contributed by atoms with E-state index in [0.29, 0.717) is 24.7 Å². The third kappa shape index (κ3) is 3.62. The molecule has 1 aromatic rings. The number of urea groups is 1. The second kappa shape index (κ2) is 6.55. The van der Waals surface area contributed by atoms with E-state index in [1.165, 1.54) is 0 Å². The number of benzene rings is 1. The van der Waals surface area contributed by atoms with E-state index in [-0.39, 0.29) is 18.4 Å². The molecule has 0 saturated carbocycles. The van der Waals surface area contributed by atoms with Crippen LogP contribution in [0.3, 0.4) is 0 Å². The first kappa shape index (κ1) is 15.8. The molecule has 2 fully saturated rings. The van der Waals surface area contributed by atoms with Gasteiger partial charge in [0.1, 0.15) is 12.1 Å². The van der Waals surface area contributed by atoms with Crippen LogP contribution in [-0.2, 0) is 14.3 Å². The molecule has 3 rings (SSSR count). The average molecular weight is 338 g/mol. The Morgan fingerprint density at radius 1 is 1.30 bits per heavy atom. The number of carbonyl (C=O) groups excluding carboxylic acids is 3. The molecule has 4 amide bonds. The number of imide groups is 1. The van der Waals surface area contributed by atoms with Gasteiger partial charge in [0.25, 0.3) is 5.91 Å². The minimum Gasteiger partial charge on any atom is -0.370 e. The fourth-order valence-electron chi connectivity index (χ4n) is 2.66. The summed E-state index contributed by atoms with van der Waals surface area (Å²) >= 11 is 5.87. The van der Waals surface area contributed by atoms with Crippen molar-refractivity contribution in [3.8, 4) is 0 Å². The second-order valence-corrected chi connectivity index (χ2v) is 5.91. The first-order chi connectivity index (χ1) is 11.0. The summed E-state index contributed by atoms with van der Waals surface area (Å²) in [5.74, 6) is -0.652. The van der Waals surface area contributed by atoms with Crippen molar-refractivity contribution in [1.29, 1.82) is 0 Å². The van der Waals surface area contributed by atoms with Crippen LogP contribution in [0.5, 0.6) is 0 Å². The monoisotopic (exact) mass is 337 g/mol. The number of ether oxygens (including phenoxy) is 1. The quantitative estimate of drug-likeness (QED) is 0.800. The summed E-state index contributed by atoms with van der Waals surface area (Å²) in [5.41, 5.74) is 0.943. The van der Waals surface area contributed by atoms with Gasteiger partial charge in [0.2, 0.25) is 5.91 Å². The molecule has 2 saturated heterocycles. The summed E-state index contributed by atoms with van der Waals surface area (Å²) < 4.78 is 5.71. The predicted molar refractivity (Wildman–Crippen MR) is 81.8 cm³/mol. The molecule has 0 radical (unpaired) electrons. The molecule has 2 atom stereocenters. The summed E-state index contributed by atoms with van der Waals surface area (Å²) in [6.45, 7) is 1.29. The average Bonchev–Trinajstić information content (AvgIpc) is 2.85. The van der Waals surface area contributed by atoms with Gasteiger partial charge in [-0.05, 0) is 17.7 Å². The minimum atomic E-state index is -0.799. The molecule has 122 valence electrons. The van der Waals surface area contributed by atoms with Crippen molar-refractivity contribution >= 4 is 29.4 Å². The number of hydrogen-bond acceptors (Lipinski definition) is 4. The first-order valence-electron chi connectivity index (χ1n) is 7.29. The lowest BCUT2D eigenvalue weighted by Gasteiger charge is -2.33. The third-order valence-corrected chi connectivity index (χ3v) is 4.15. The van der Waals surface area contributed by atoms with Crippen LogP contribution in [0.4, 0.5) is 4.79 Å². The number of amides is 4. The van der Waals surface area contributed by atoms with Gasteiger partial charge in [-0.1, -0.05) is 23.7 Å². The molecule has 8 heteroatoms. The molecule has 2 heterocycles. The number of morpholine rings is 1. The van der Waals surface area contributed by atoms with Crippen LogP contribution in [0.1, 0.15) is 18.1 Å². The number of nitrogens with one attached hydrogen (secondary N) is 2. The van der Waals surface area contributed by atoms with Gasteiger partial charge in [-0.3, -0.25) is 14.9 Å². The standard InChI is InChI=1S/C15H16ClN3O4/c16-10-3-1-9(2-4-10)12-8-19(5-6-23-12)13(20)7-11-14(21)18-15(22)17-11/h1-4,11-12H,5-8H2,(H2,17,18,21,22)/t11-,12+/m1/s1. The Balaban J connectivity index is 1.61. The van der Waals surface area contributed by atoms with E-state index < -0.39 is 18.0 Å². The number of nitrogens with zero attached hydrogens (tertiary/aromatic N) is 1. The Morgan fingerprint density at radius 2 is 2.04 bits per heavy atom. The van der Waals surface area contributed by atoms with Gasteiger partial charge >= 0.3 is 6.03 Å². The highest BCUT2D eigenvalue weighted by Crippen LogP contribution is 2.24. The van der Waals surface area contributed by atoms with Crippen molar-refractivity contribution in [2.75, 3.05) is 19.7 Å². The van der Waals surface area contributed by atoms with E-state index in [1.807, 2.05) is 12.1 Å². The summed E-state index contributed by atoms with van der Waals surface area (Å²) in [5, 5.41) is 5.19.